The Labute approximate surface area is 117 Å². The highest BCUT2D eigenvalue weighted by molar-refractivity contribution is 9.10. The van der Waals surface area contributed by atoms with Crippen LogP contribution in [0.5, 0.6) is 0 Å². The summed E-state index contributed by atoms with van der Waals surface area (Å²) >= 11 is 9.59. The van der Waals surface area contributed by atoms with Crippen LogP contribution in [0.4, 0.5) is 5.69 Å². The number of halogens is 2. The van der Waals surface area contributed by atoms with Crippen molar-refractivity contribution in [2.24, 2.45) is 0 Å². The van der Waals surface area contributed by atoms with Crippen molar-refractivity contribution in [2.75, 3.05) is 5.32 Å². The molecule has 0 aliphatic carbocycles. The molecule has 0 spiro atoms. The zero-order valence-electron chi connectivity index (χ0n) is 9.21. The van der Waals surface area contributed by atoms with Gasteiger partial charge in [0, 0.05) is 10.0 Å². The van der Waals surface area contributed by atoms with Crippen LogP contribution in [0, 0.1) is 0 Å². The Morgan fingerprint density at radius 1 is 1.28 bits per heavy atom. The number of aromatic nitrogens is 1. The summed E-state index contributed by atoms with van der Waals surface area (Å²) in [6.07, 6.45) is 0.316. The number of amides is 1. The average Bonchev–Trinajstić information content (AvgIpc) is 2.68. The van der Waals surface area contributed by atoms with Crippen LogP contribution in [0.25, 0.3) is 11.3 Å². The number of carbonyl (C=O) groups excluding carboxylic acids is 1. The van der Waals surface area contributed by atoms with Crippen LogP contribution >= 0.6 is 27.5 Å². The molecule has 3 rings (SSSR count). The lowest BCUT2D eigenvalue weighted by molar-refractivity contribution is -0.115. The van der Waals surface area contributed by atoms with Gasteiger partial charge in [0.15, 0.2) is 0 Å². The van der Waals surface area contributed by atoms with E-state index in [0.717, 1.165) is 15.7 Å². The Balaban J connectivity index is 2.11. The van der Waals surface area contributed by atoms with Crippen LogP contribution in [0.1, 0.15) is 5.69 Å². The zero-order valence-corrected chi connectivity index (χ0v) is 11.5. The van der Waals surface area contributed by atoms with Crippen molar-refractivity contribution < 1.29 is 4.79 Å². The number of hydrogen-bond donors (Lipinski definition) is 1. The number of rotatable bonds is 1. The Bertz CT molecular complexity index is 640. The van der Waals surface area contributed by atoms with Crippen molar-refractivity contribution in [2.45, 2.75) is 6.42 Å². The first kappa shape index (κ1) is 11.7. The van der Waals surface area contributed by atoms with Gasteiger partial charge in [-0.2, -0.15) is 0 Å². The number of fused-ring (bicyclic) bond motifs is 1. The lowest BCUT2D eigenvalue weighted by Crippen LogP contribution is -2.03. The van der Waals surface area contributed by atoms with Crippen molar-refractivity contribution in [3.63, 3.8) is 0 Å². The minimum absolute atomic E-state index is 0.0403. The SMILES string of the molecule is O=C1Cc2nc(-c3ccc(Br)cc3)c(Cl)cc2N1. The minimum atomic E-state index is -0.0403. The predicted octanol–water partition coefficient (Wildman–Crippen LogP) is 3.66. The maximum Gasteiger partial charge on any atom is 0.230 e. The molecular weight excluding hydrogens is 316 g/mol. The molecule has 1 aromatic carbocycles. The fourth-order valence-corrected chi connectivity index (χ4v) is 2.45. The molecule has 0 fully saturated rings. The molecule has 5 heteroatoms. The number of nitrogens with zero attached hydrogens (tertiary/aromatic N) is 1. The van der Waals surface area contributed by atoms with E-state index < -0.39 is 0 Å². The number of hydrogen-bond acceptors (Lipinski definition) is 2. The van der Waals surface area contributed by atoms with Crippen molar-refractivity contribution in [1.29, 1.82) is 0 Å². The van der Waals surface area contributed by atoms with Crippen molar-refractivity contribution in [3.8, 4) is 11.3 Å². The summed E-state index contributed by atoms with van der Waals surface area (Å²) < 4.78 is 1.00. The van der Waals surface area contributed by atoms with E-state index >= 15 is 0 Å². The van der Waals surface area contributed by atoms with E-state index in [1.807, 2.05) is 24.3 Å². The van der Waals surface area contributed by atoms with E-state index in [9.17, 15) is 4.79 Å². The highest BCUT2D eigenvalue weighted by Crippen LogP contribution is 2.33. The first-order chi connectivity index (χ1) is 8.63. The maximum absolute atomic E-state index is 11.3. The van der Waals surface area contributed by atoms with E-state index in [1.54, 1.807) is 6.07 Å². The van der Waals surface area contributed by atoms with Crippen LogP contribution < -0.4 is 5.32 Å². The van der Waals surface area contributed by atoms with Gasteiger partial charge in [0.05, 0.1) is 28.5 Å². The number of pyridine rings is 1. The number of benzene rings is 1. The molecule has 0 radical (unpaired) electrons. The lowest BCUT2D eigenvalue weighted by Gasteiger charge is -2.06. The molecular formula is C13H8BrClN2O. The van der Waals surface area contributed by atoms with Crippen LogP contribution in [0.3, 0.4) is 0 Å². The summed E-state index contributed by atoms with van der Waals surface area (Å²) in [6.45, 7) is 0. The summed E-state index contributed by atoms with van der Waals surface area (Å²) in [4.78, 5) is 15.8. The molecule has 3 nitrogen and oxygen atoms in total. The second-order valence-corrected chi connectivity index (χ2v) is 5.37. The normalized spacial score (nSPS) is 13.3. The molecule has 0 saturated heterocycles. The quantitative estimate of drug-likeness (QED) is 0.870. The smallest absolute Gasteiger partial charge is 0.230 e. The topological polar surface area (TPSA) is 42.0 Å². The largest absolute Gasteiger partial charge is 0.324 e. The highest BCUT2D eigenvalue weighted by atomic mass is 79.9. The van der Waals surface area contributed by atoms with E-state index in [2.05, 4.69) is 26.2 Å². The third-order valence-corrected chi connectivity index (χ3v) is 3.59. The summed E-state index contributed by atoms with van der Waals surface area (Å²) in [5, 5.41) is 3.27. The van der Waals surface area contributed by atoms with E-state index in [4.69, 9.17) is 11.6 Å². The van der Waals surface area contributed by atoms with Crippen LogP contribution in [-0.2, 0) is 11.2 Å². The highest BCUT2D eigenvalue weighted by Gasteiger charge is 2.21. The molecule has 90 valence electrons. The Hall–Kier alpha value is -1.39. The molecule has 1 N–H and O–H groups in total. The Kier molecular flexibility index (Phi) is 2.84. The fourth-order valence-electron chi connectivity index (χ4n) is 1.93. The molecule has 1 aliphatic rings. The van der Waals surface area contributed by atoms with Gasteiger partial charge < -0.3 is 5.32 Å². The van der Waals surface area contributed by atoms with Gasteiger partial charge in [-0.1, -0.05) is 39.7 Å². The molecule has 18 heavy (non-hydrogen) atoms. The monoisotopic (exact) mass is 322 g/mol. The van der Waals surface area contributed by atoms with Gasteiger partial charge in [0.2, 0.25) is 5.91 Å². The van der Waals surface area contributed by atoms with Crippen molar-refractivity contribution >= 4 is 39.1 Å². The van der Waals surface area contributed by atoms with Crippen LogP contribution in [0.2, 0.25) is 5.02 Å². The first-order valence-corrected chi connectivity index (χ1v) is 6.56. The summed E-state index contributed by atoms with van der Waals surface area (Å²) in [5.41, 5.74) is 3.11. The first-order valence-electron chi connectivity index (χ1n) is 5.39. The molecule has 2 aromatic rings. The molecule has 2 heterocycles. The number of anilines is 1. The number of carbonyl (C=O) groups is 1. The summed E-state index contributed by atoms with van der Waals surface area (Å²) in [6, 6.07) is 9.50. The second kappa shape index (κ2) is 4.37. The minimum Gasteiger partial charge on any atom is -0.324 e. The molecule has 0 bridgehead atoms. The van der Waals surface area contributed by atoms with Crippen molar-refractivity contribution in [1.82, 2.24) is 4.98 Å². The molecule has 0 atom stereocenters. The van der Waals surface area contributed by atoms with Gasteiger partial charge in [-0.15, -0.1) is 0 Å². The summed E-state index contributed by atoms with van der Waals surface area (Å²) in [7, 11) is 0. The zero-order chi connectivity index (χ0) is 12.7. The van der Waals surface area contributed by atoms with E-state index in [1.165, 1.54) is 0 Å². The molecule has 0 unspecified atom stereocenters. The van der Waals surface area contributed by atoms with Crippen LogP contribution in [0.15, 0.2) is 34.8 Å². The van der Waals surface area contributed by atoms with E-state index in [0.29, 0.717) is 22.8 Å². The van der Waals surface area contributed by atoms with Gasteiger partial charge in [0.25, 0.3) is 0 Å². The van der Waals surface area contributed by atoms with Gasteiger partial charge in [-0.05, 0) is 18.2 Å². The number of nitrogens with one attached hydrogen (secondary N) is 1. The van der Waals surface area contributed by atoms with Gasteiger partial charge in [-0.25, -0.2) is 4.98 Å². The average molecular weight is 324 g/mol. The molecule has 1 amide bonds. The third kappa shape index (κ3) is 2.02. The maximum atomic E-state index is 11.3. The Morgan fingerprint density at radius 2 is 2.00 bits per heavy atom. The summed E-state index contributed by atoms with van der Waals surface area (Å²) in [5.74, 6) is -0.0403. The van der Waals surface area contributed by atoms with Gasteiger partial charge in [0.1, 0.15) is 0 Å². The van der Waals surface area contributed by atoms with Gasteiger partial charge >= 0.3 is 0 Å². The third-order valence-electron chi connectivity index (χ3n) is 2.77. The second-order valence-electron chi connectivity index (χ2n) is 4.04. The standard InChI is InChI=1S/C13H8BrClN2O/c14-8-3-1-7(2-4-8)13-9(15)5-10-11(17-13)6-12(18)16-10/h1-5H,6H2,(H,16,18). The van der Waals surface area contributed by atoms with Crippen LogP contribution in [-0.4, -0.2) is 10.9 Å². The molecule has 0 saturated carbocycles. The van der Waals surface area contributed by atoms with E-state index in [-0.39, 0.29) is 5.91 Å². The van der Waals surface area contributed by atoms with Crippen molar-refractivity contribution in [3.05, 3.63) is 45.5 Å². The van der Waals surface area contributed by atoms with Gasteiger partial charge in [-0.3, -0.25) is 4.79 Å². The lowest BCUT2D eigenvalue weighted by atomic mass is 10.1. The molecule has 1 aromatic heterocycles. The molecule has 1 aliphatic heterocycles. The fraction of sp³-hybridized carbons (Fsp3) is 0.0769. The Morgan fingerprint density at radius 3 is 2.72 bits per heavy atom. The predicted molar refractivity (Wildman–Crippen MR) is 74.7 cm³/mol.